The molecule has 2 unspecified atom stereocenters. The molecule has 0 radical (unpaired) electrons. The highest BCUT2D eigenvalue weighted by molar-refractivity contribution is 5.61. The summed E-state index contributed by atoms with van der Waals surface area (Å²) >= 11 is 0. The Balaban J connectivity index is 1.88. The second-order valence-corrected chi connectivity index (χ2v) is 5.84. The lowest BCUT2D eigenvalue weighted by atomic mass is 10.0. The van der Waals surface area contributed by atoms with E-state index in [4.69, 9.17) is 5.73 Å². The summed E-state index contributed by atoms with van der Waals surface area (Å²) in [6.07, 6.45) is 2.71. The summed E-state index contributed by atoms with van der Waals surface area (Å²) in [5.41, 5.74) is 9.48. The molecule has 2 fully saturated rings. The molecule has 18 heavy (non-hydrogen) atoms. The fourth-order valence-corrected chi connectivity index (χ4v) is 3.46. The van der Waals surface area contributed by atoms with Crippen LogP contribution >= 0.6 is 0 Å². The van der Waals surface area contributed by atoms with Gasteiger partial charge in [0.05, 0.1) is 0 Å². The number of rotatable bonds is 1. The van der Waals surface area contributed by atoms with Crippen LogP contribution in [0, 0.1) is 6.92 Å². The molecule has 2 saturated heterocycles. The van der Waals surface area contributed by atoms with Crippen molar-refractivity contribution in [1.82, 2.24) is 4.90 Å². The van der Waals surface area contributed by atoms with E-state index >= 15 is 0 Å². The van der Waals surface area contributed by atoms with Crippen molar-refractivity contribution in [1.29, 1.82) is 0 Å². The van der Waals surface area contributed by atoms with E-state index in [1.54, 1.807) is 0 Å². The van der Waals surface area contributed by atoms with Crippen molar-refractivity contribution in [2.75, 3.05) is 30.3 Å². The number of benzene rings is 1. The molecule has 2 aliphatic heterocycles. The number of nitrogens with zero attached hydrogens (tertiary/aromatic N) is 2. The van der Waals surface area contributed by atoms with Crippen molar-refractivity contribution in [2.24, 2.45) is 0 Å². The van der Waals surface area contributed by atoms with Gasteiger partial charge in [0, 0.05) is 36.5 Å². The Labute approximate surface area is 110 Å². The van der Waals surface area contributed by atoms with Crippen molar-refractivity contribution in [3.8, 4) is 0 Å². The van der Waals surface area contributed by atoms with E-state index in [1.165, 1.54) is 37.2 Å². The summed E-state index contributed by atoms with van der Waals surface area (Å²) in [5, 5.41) is 0. The standard InChI is InChI=1S/C15H23N3/c1-11-5-6-13(16)8-15(11)18-10-14-4-3-7-17(14)9-12(18)2/h5-6,8,12,14H,3-4,7,9-10,16H2,1-2H3. The van der Waals surface area contributed by atoms with Gasteiger partial charge in [0.15, 0.2) is 0 Å². The zero-order valence-corrected chi connectivity index (χ0v) is 11.4. The number of nitrogens with two attached hydrogens (primary N) is 1. The third kappa shape index (κ3) is 1.97. The largest absolute Gasteiger partial charge is 0.399 e. The molecule has 0 saturated carbocycles. The number of anilines is 2. The van der Waals surface area contributed by atoms with E-state index in [1.807, 2.05) is 6.07 Å². The highest BCUT2D eigenvalue weighted by atomic mass is 15.3. The maximum atomic E-state index is 5.95. The molecule has 0 amide bonds. The molecule has 3 nitrogen and oxygen atoms in total. The van der Waals surface area contributed by atoms with Gasteiger partial charge in [0.1, 0.15) is 0 Å². The summed E-state index contributed by atoms with van der Waals surface area (Å²) in [6, 6.07) is 7.60. The van der Waals surface area contributed by atoms with Crippen LogP contribution in [-0.2, 0) is 0 Å². The molecule has 2 heterocycles. The van der Waals surface area contributed by atoms with Crippen LogP contribution in [0.2, 0.25) is 0 Å². The van der Waals surface area contributed by atoms with E-state index in [-0.39, 0.29) is 0 Å². The number of piperazine rings is 1. The van der Waals surface area contributed by atoms with Gasteiger partial charge in [-0.1, -0.05) is 6.07 Å². The van der Waals surface area contributed by atoms with E-state index in [9.17, 15) is 0 Å². The Hall–Kier alpha value is -1.22. The van der Waals surface area contributed by atoms with Crippen LogP contribution in [-0.4, -0.2) is 36.6 Å². The van der Waals surface area contributed by atoms with Crippen LogP contribution < -0.4 is 10.6 Å². The van der Waals surface area contributed by atoms with Crippen molar-refractivity contribution < 1.29 is 0 Å². The molecule has 1 aromatic rings. The van der Waals surface area contributed by atoms with Crippen molar-refractivity contribution in [3.05, 3.63) is 23.8 Å². The Kier molecular flexibility index (Phi) is 2.94. The van der Waals surface area contributed by atoms with Crippen molar-refractivity contribution in [3.63, 3.8) is 0 Å². The lowest BCUT2D eigenvalue weighted by Crippen LogP contribution is -2.55. The molecule has 2 N–H and O–H groups in total. The third-order valence-corrected chi connectivity index (χ3v) is 4.48. The molecule has 2 atom stereocenters. The van der Waals surface area contributed by atoms with Crippen LogP contribution in [0.5, 0.6) is 0 Å². The topological polar surface area (TPSA) is 32.5 Å². The molecule has 2 aliphatic rings. The van der Waals surface area contributed by atoms with Gasteiger partial charge in [-0.3, -0.25) is 4.90 Å². The fourth-order valence-electron chi connectivity index (χ4n) is 3.46. The number of hydrogen-bond acceptors (Lipinski definition) is 3. The summed E-state index contributed by atoms with van der Waals surface area (Å²) in [5.74, 6) is 0. The predicted octanol–water partition coefficient (Wildman–Crippen LogP) is 2.25. The minimum absolute atomic E-state index is 0.583. The van der Waals surface area contributed by atoms with Gasteiger partial charge in [-0.25, -0.2) is 0 Å². The van der Waals surface area contributed by atoms with Gasteiger partial charge in [-0.05, 0) is 50.9 Å². The van der Waals surface area contributed by atoms with E-state index in [0.717, 1.165) is 18.3 Å². The monoisotopic (exact) mass is 245 g/mol. The Bertz CT molecular complexity index is 443. The predicted molar refractivity (Wildman–Crippen MR) is 77.0 cm³/mol. The quantitative estimate of drug-likeness (QED) is 0.770. The molecular formula is C15H23N3. The number of nitrogen functional groups attached to an aromatic ring is 1. The smallest absolute Gasteiger partial charge is 0.0419 e. The van der Waals surface area contributed by atoms with Crippen LogP contribution in [0.4, 0.5) is 11.4 Å². The number of aryl methyl sites for hydroxylation is 1. The zero-order chi connectivity index (χ0) is 12.7. The first-order valence-electron chi connectivity index (χ1n) is 7.02. The first-order valence-corrected chi connectivity index (χ1v) is 7.02. The Morgan fingerprint density at radius 3 is 2.94 bits per heavy atom. The highest BCUT2D eigenvalue weighted by Gasteiger charge is 2.34. The molecule has 0 aromatic heterocycles. The summed E-state index contributed by atoms with van der Waals surface area (Å²) in [6.45, 7) is 8.16. The third-order valence-electron chi connectivity index (χ3n) is 4.48. The average molecular weight is 245 g/mol. The highest BCUT2D eigenvalue weighted by Crippen LogP contribution is 2.31. The van der Waals surface area contributed by atoms with Crippen LogP contribution in [0.15, 0.2) is 18.2 Å². The second-order valence-electron chi connectivity index (χ2n) is 5.84. The number of fused-ring (bicyclic) bond motifs is 1. The lowest BCUT2D eigenvalue weighted by Gasteiger charge is -2.44. The summed E-state index contributed by atoms with van der Waals surface area (Å²) < 4.78 is 0. The molecular weight excluding hydrogens is 222 g/mol. The summed E-state index contributed by atoms with van der Waals surface area (Å²) in [7, 11) is 0. The molecule has 1 aromatic carbocycles. The maximum Gasteiger partial charge on any atom is 0.0419 e. The number of hydrogen-bond donors (Lipinski definition) is 1. The minimum atomic E-state index is 0.583. The van der Waals surface area contributed by atoms with Gasteiger partial charge >= 0.3 is 0 Å². The van der Waals surface area contributed by atoms with Gasteiger partial charge < -0.3 is 10.6 Å². The van der Waals surface area contributed by atoms with E-state index in [0.29, 0.717) is 6.04 Å². The van der Waals surface area contributed by atoms with E-state index in [2.05, 4.69) is 35.8 Å². The Morgan fingerprint density at radius 2 is 2.11 bits per heavy atom. The zero-order valence-electron chi connectivity index (χ0n) is 11.4. The van der Waals surface area contributed by atoms with Crippen LogP contribution in [0.3, 0.4) is 0 Å². The van der Waals surface area contributed by atoms with Crippen molar-refractivity contribution >= 4 is 11.4 Å². The molecule has 0 aliphatic carbocycles. The lowest BCUT2D eigenvalue weighted by molar-refractivity contribution is 0.203. The maximum absolute atomic E-state index is 5.95. The normalized spacial score (nSPS) is 28.4. The van der Waals surface area contributed by atoms with Crippen LogP contribution in [0.1, 0.15) is 25.3 Å². The summed E-state index contributed by atoms with van der Waals surface area (Å²) in [4.78, 5) is 5.21. The van der Waals surface area contributed by atoms with Crippen molar-refractivity contribution in [2.45, 2.75) is 38.8 Å². The van der Waals surface area contributed by atoms with Gasteiger partial charge in [-0.15, -0.1) is 0 Å². The first kappa shape index (κ1) is 11.8. The molecule has 0 bridgehead atoms. The Morgan fingerprint density at radius 1 is 1.28 bits per heavy atom. The fraction of sp³-hybridized carbons (Fsp3) is 0.600. The van der Waals surface area contributed by atoms with E-state index < -0.39 is 0 Å². The van der Waals surface area contributed by atoms with Gasteiger partial charge in [0.2, 0.25) is 0 Å². The SMILES string of the molecule is Cc1ccc(N)cc1N1CC2CCCN2CC1C. The molecule has 0 spiro atoms. The molecule has 3 rings (SSSR count). The van der Waals surface area contributed by atoms with Crippen LogP contribution in [0.25, 0.3) is 0 Å². The molecule has 98 valence electrons. The van der Waals surface area contributed by atoms with Gasteiger partial charge in [0.25, 0.3) is 0 Å². The minimum Gasteiger partial charge on any atom is -0.399 e. The first-order chi connectivity index (χ1) is 8.65. The second kappa shape index (κ2) is 4.47. The average Bonchev–Trinajstić information content (AvgIpc) is 2.78. The molecule has 3 heteroatoms. The van der Waals surface area contributed by atoms with Gasteiger partial charge in [-0.2, -0.15) is 0 Å².